The van der Waals surface area contributed by atoms with Gasteiger partial charge in [-0.15, -0.1) is 5.10 Å². The van der Waals surface area contributed by atoms with E-state index in [0.29, 0.717) is 17.1 Å². The number of aromatic nitrogens is 4. The maximum Gasteiger partial charge on any atom is 0.208 e. The van der Waals surface area contributed by atoms with Crippen LogP contribution >= 0.6 is 0 Å². The van der Waals surface area contributed by atoms with Crippen LogP contribution in [0, 0.1) is 17.1 Å². The molecule has 1 fully saturated rings. The summed E-state index contributed by atoms with van der Waals surface area (Å²) in [5, 5.41) is 17.7. The van der Waals surface area contributed by atoms with Crippen LogP contribution in [0.4, 0.5) is 4.39 Å². The Kier molecular flexibility index (Phi) is 4.01. The molecule has 0 amide bonds. The third-order valence-corrected chi connectivity index (χ3v) is 4.35. The molecule has 0 spiro atoms. The highest BCUT2D eigenvalue weighted by molar-refractivity contribution is 6.02. The lowest BCUT2D eigenvalue weighted by Crippen LogP contribution is -2.15. The van der Waals surface area contributed by atoms with Crippen molar-refractivity contribution in [3.63, 3.8) is 0 Å². The largest absolute Gasteiger partial charge is 0.290 e. The van der Waals surface area contributed by atoms with Crippen LogP contribution in [0.5, 0.6) is 0 Å². The van der Waals surface area contributed by atoms with Crippen molar-refractivity contribution in [1.82, 2.24) is 20.0 Å². The van der Waals surface area contributed by atoms with Gasteiger partial charge in [0.25, 0.3) is 0 Å². The molecule has 0 saturated heterocycles. The molecule has 3 aromatic rings. The van der Waals surface area contributed by atoms with E-state index in [1.807, 2.05) is 6.07 Å². The predicted molar refractivity (Wildman–Crippen MR) is 90.2 cm³/mol. The van der Waals surface area contributed by atoms with Crippen molar-refractivity contribution in [2.75, 3.05) is 0 Å². The van der Waals surface area contributed by atoms with Crippen LogP contribution in [0.2, 0.25) is 0 Å². The SMILES string of the molecule is N#C[C@H](C(=O)c1nnn(-c2ccc(F)cc2)c1C1CC1)c1ccccn1. The zero-order valence-electron chi connectivity index (χ0n) is 13.7. The Morgan fingerprint density at radius 1 is 1.23 bits per heavy atom. The third-order valence-electron chi connectivity index (χ3n) is 4.35. The average molecular weight is 347 g/mol. The Bertz CT molecular complexity index is 987. The summed E-state index contributed by atoms with van der Waals surface area (Å²) in [5.74, 6) is -1.64. The van der Waals surface area contributed by atoms with Gasteiger partial charge in [0.05, 0.1) is 23.1 Å². The van der Waals surface area contributed by atoms with Gasteiger partial charge < -0.3 is 0 Å². The van der Waals surface area contributed by atoms with Gasteiger partial charge in [-0.25, -0.2) is 9.07 Å². The Labute approximate surface area is 148 Å². The number of halogens is 1. The van der Waals surface area contributed by atoms with Crippen molar-refractivity contribution >= 4 is 5.78 Å². The van der Waals surface area contributed by atoms with Crippen molar-refractivity contribution < 1.29 is 9.18 Å². The van der Waals surface area contributed by atoms with Crippen LogP contribution in [0.15, 0.2) is 48.7 Å². The van der Waals surface area contributed by atoms with E-state index in [9.17, 15) is 14.4 Å². The fourth-order valence-corrected chi connectivity index (χ4v) is 2.90. The molecule has 1 atom stereocenters. The summed E-state index contributed by atoms with van der Waals surface area (Å²) < 4.78 is 14.8. The summed E-state index contributed by atoms with van der Waals surface area (Å²) in [6, 6.07) is 13.0. The Hall–Kier alpha value is -3.40. The van der Waals surface area contributed by atoms with Crippen molar-refractivity contribution in [3.8, 4) is 11.8 Å². The molecule has 6 nitrogen and oxygen atoms in total. The van der Waals surface area contributed by atoms with Crippen LogP contribution in [-0.2, 0) is 0 Å². The standard InChI is InChI=1S/C19H14FN5O/c20-13-6-8-14(9-7-13)25-18(12-4-5-12)17(23-24-25)19(26)15(11-21)16-3-1-2-10-22-16/h1-3,6-10,12,15H,4-5H2/t15-/m0/s1. The first-order chi connectivity index (χ1) is 12.7. The number of carbonyl (C=O) groups is 1. The normalized spacial score (nSPS) is 14.6. The third kappa shape index (κ3) is 2.86. The molecule has 1 saturated carbocycles. The smallest absolute Gasteiger partial charge is 0.208 e. The highest BCUT2D eigenvalue weighted by Crippen LogP contribution is 2.42. The first kappa shape index (κ1) is 16.1. The molecule has 2 heterocycles. The molecule has 0 N–H and O–H groups in total. The van der Waals surface area contributed by atoms with E-state index in [1.54, 1.807) is 41.2 Å². The molecule has 26 heavy (non-hydrogen) atoms. The summed E-state index contributed by atoms with van der Waals surface area (Å²) in [6.45, 7) is 0. The van der Waals surface area contributed by atoms with Crippen LogP contribution in [0.25, 0.3) is 5.69 Å². The van der Waals surface area contributed by atoms with E-state index in [4.69, 9.17) is 0 Å². The van der Waals surface area contributed by atoms with Crippen molar-refractivity contribution in [2.24, 2.45) is 0 Å². The van der Waals surface area contributed by atoms with Gasteiger partial charge in [-0.1, -0.05) is 11.3 Å². The number of nitrogens with zero attached hydrogens (tertiary/aromatic N) is 5. The zero-order valence-corrected chi connectivity index (χ0v) is 13.7. The van der Waals surface area contributed by atoms with E-state index in [0.717, 1.165) is 12.8 Å². The van der Waals surface area contributed by atoms with Crippen molar-refractivity contribution in [2.45, 2.75) is 24.7 Å². The molecule has 0 aliphatic heterocycles. The highest BCUT2D eigenvalue weighted by Gasteiger charge is 2.37. The van der Waals surface area contributed by atoms with E-state index < -0.39 is 11.7 Å². The molecule has 0 radical (unpaired) electrons. The molecular weight excluding hydrogens is 333 g/mol. The molecule has 0 unspecified atom stereocenters. The highest BCUT2D eigenvalue weighted by atomic mass is 19.1. The number of pyridine rings is 1. The van der Waals surface area contributed by atoms with Gasteiger partial charge in [0.2, 0.25) is 5.78 Å². The molecule has 1 aliphatic carbocycles. The lowest BCUT2D eigenvalue weighted by atomic mass is 9.97. The Balaban J connectivity index is 1.76. The van der Waals surface area contributed by atoms with Gasteiger partial charge in [0.15, 0.2) is 11.6 Å². The number of nitriles is 1. The number of hydrogen-bond acceptors (Lipinski definition) is 5. The lowest BCUT2D eigenvalue weighted by Gasteiger charge is -2.09. The van der Waals surface area contributed by atoms with Gasteiger partial charge in [-0.05, 0) is 49.2 Å². The van der Waals surface area contributed by atoms with Gasteiger partial charge >= 0.3 is 0 Å². The van der Waals surface area contributed by atoms with Crippen molar-refractivity contribution in [1.29, 1.82) is 5.26 Å². The van der Waals surface area contributed by atoms with E-state index in [2.05, 4.69) is 15.3 Å². The van der Waals surface area contributed by atoms with Crippen molar-refractivity contribution in [3.05, 3.63) is 71.6 Å². The molecule has 1 aliphatic rings. The van der Waals surface area contributed by atoms with Gasteiger partial charge in [0.1, 0.15) is 5.82 Å². The number of ketones is 1. The molecule has 7 heteroatoms. The summed E-state index contributed by atoms with van der Waals surface area (Å²) in [6.07, 6.45) is 3.40. The first-order valence-electron chi connectivity index (χ1n) is 8.25. The minimum atomic E-state index is -1.04. The number of hydrogen-bond donors (Lipinski definition) is 0. The van der Waals surface area contributed by atoms with Gasteiger partial charge in [-0.2, -0.15) is 5.26 Å². The zero-order chi connectivity index (χ0) is 18.1. The number of rotatable bonds is 5. The molecule has 2 aromatic heterocycles. The van der Waals surface area contributed by atoms with E-state index >= 15 is 0 Å². The second kappa shape index (κ2) is 6.48. The first-order valence-corrected chi connectivity index (χ1v) is 8.25. The second-order valence-electron chi connectivity index (χ2n) is 6.17. The minimum absolute atomic E-state index is 0.164. The summed E-state index contributed by atoms with van der Waals surface area (Å²) in [4.78, 5) is 17.1. The number of benzene rings is 1. The summed E-state index contributed by atoms with van der Waals surface area (Å²) in [5.41, 5.74) is 1.89. The molecule has 128 valence electrons. The quantitative estimate of drug-likeness (QED) is 0.662. The molecular formula is C19H14FN5O. The van der Waals surface area contributed by atoms with Crippen LogP contribution in [-0.4, -0.2) is 25.8 Å². The summed E-state index contributed by atoms with van der Waals surface area (Å²) in [7, 11) is 0. The molecule has 1 aromatic carbocycles. The van der Waals surface area contributed by atoms with Gasteiger partial charge in [-0.3, -0.25) is 9.78 Å². The van der Waals surface area contributed by atoms with Crippen LogP contribution in [0.3, 0.4) is 0 Å². The van der Waals surface area contributed by atoms with Crippen LogP contribution < -0.4 is 0 Å². The number of carbonyl (C=O) groups excluding carboxylic acids is 1. The Morgan fingerprint density at radius 3 is 2.62 bits per heavy atom. The van der Waals surface area contributed by atoms with Gasteiger partial charge in [0, 0.05) is 12.1 Å². The monoisotopic (exact) mass is 347 g/mol. The number of Topliss-reactive ketones (excluding diaryl/α,β-unsaturated/α-hetero) is 1. The maximum absolute atomic E-state index is 13.2. The summed E-state index contributed by atoms with van der Waals surface area (Å²) >= 11 is 0. The topological polar surface area (TPSA) is 84.5 Å². The lowest BCUT2D eigenvalue weighted by molar-refractivity contribution is 0.0971. The van der Waals surface area contributed by atoms with Crippen LogP contribution in [0.1, 0.15) is 46.6 Å². The van der Waals surface area contributed by atoms with E-state index in [1.165, 1.54) is 12.1 Å². The average Bonchev–Trinajstić information content (AvgIpc) is 3.42. The molecule has 4 rings (SSSR count). The fraction of sp³-hybridized carbons (Fsp3) is 0.211. The fourth-order valence-electron chi connectivity index (χ4n) is 2.90. The predicted octanol–water partition coefficient (Wildman–Crippen LogP) is 3.17. The Morgan fingerprint density at radius 2 is 2.00 bits per heavy atom. The second-order valence-corrected chi connectivity index (χ2v) is 6.17. The minimum Gasteiger partial charge on any atom is -0.290 e. The maximum atomic E-state index is 13.2. The van der Waals surface area contributed by atoms with E-state index in [-0.39, 0.29) is 17.4 Å². The molecule has 0 bridgehead atoms.